The van der Waals surface area contributed by atoms with Crippen LogP contribution in [0.15, 0.2) is 0 Å². The third-order valence-corrected chi connectivity index (χ3v) is 14.8. The average molecular weight is 465 g/mol. The molecule has 0 aromatic rings. The quantitative estimate of drug-likeness (QED) is 0.356. The fourth-order valence-electron chi connectivity index (χ4n) is 8.62. The molecule has 4 saturated carbocycles. The van der Waals surface area contributed by atoms with Crippen LogP contribution in [0, 0.1) is 40.9 Å². The molecule has 0 saturated heterocycles. The van der Waals surface area contributed by atoms with E-state index in [4.69, 9.17) is 0 Å². The van der Waals surface area contributed by atoms with Crippen LogP contribution in [-0.2, 0) is 0 Å². The number of rotatable bonds is 2. The van der Waals surface area contributed by atoms with Gasteiger partial charge in [-0.25, -0.2) is 0 Å². The van der Waals surface area contributed by atoms with Gasteiger partial charge >= 0.3 is 0 Å². The van der Waals surface area contributed by atoms with E-state index < -0.39 is 8.07 Å². The lowest BCUT2D eigenvalue weighted by atomic mass is 9.79. The van der Waals surface area contributed by atoms with E-state index in [1.54, 1.807) is 44.9 Å². The first-order valence-electron chi connectivity index (χ1n) is 15.0. The Morgan fingerprint density at radius 1 is 0.625 bits per heavy atom. The summed E-state index contributed by atoms with van der Waals surface area (Å²) in [6.07, 6.45) is 15.7. The summed E-state index contributed by atoms with van der Waals surface area (Å²) in [7, 11) is -1.16. The SMILES string of the molecule is CC.CC.CC(C)(C)C.CC1CC2CCCCC2C1[Si](C)(C)C1CC2CCCCC2C1C. The lowest BCUT2D eigenvalue weighted by Gasteiger charge is -2.45. The summed E-state index contributed by atoms with van der Waals surface area (Å²) in [6.45, 7) is 27.7. The Hall–Kier alpha value is 0.217. The molecule has 0 N–H and O–H groups in total. The minimum atomic E-state index is -1.16. The molecule has 4 fully saturated rings. The van der Waals surface area contributed by atoms with E-state index in [0.717, 1.165) is 46.6 Å². The molecule has 0 bridgehead atoms. The van der Waals surface area contributed by atoms with Crippen molar-refractivity contribution in [2.24, 2.45) is 40.9 Å². The van der Waals surface area contributed by atoms with Crippen LogP contribution in [0.5, 0.6) is 0 Å². The third kappa shape index (κ3) is 7.61. The Bertz CT molecular complexity index is 495. The van der Waals surface area contributed by atoms with Crippen LogP contribution >= 0.6 is 0 Å². The first kappa shape index (κ1) is 30.2. The maximum atomic E-state index is 2.84. The van der Waals surface area contributed by atoms with Crippen molar-refractivity contribution in [3.05, 3.63) is 0 Å². The molecule has 8 unspecified atom stereocenters. The van der Waals surface area contributed by atoms with Gasteiger partial charge in [-0.2, -0.15) is 0 Å². The van der Waals surface area contributed by atoms with E-state index in [9.17, 15) is 0 Å². The first-order valence-corrected chi connectivity index (χ1v) is 18.2. The van der Waals surface area contributed by atoms with Gasteiger partial charge in [0.2, 0.25) is 0 Å². The van der Waals surface area contributed by atoms with Gasteiger partial charge in [0.1, 0.15) is 0 Å². The standard InChI is InChI=1S/C22H40Si.C5H12.2C2H6/c1-15-13-17-9-6-8-12-20(17)22(15)23(3,4)21-14-18-10-5-7-11-19(18)16(21)2;1-5(2,3)4;2*1-2/h15-22H,5-14H2,1-4H3;1-4H3;2*1-2H3. The highest BCUT2D eigenvalue weighted by molar-refractivity contribution is 6.80. The summed E-state index contributed by atoms with van der Waals surface area (Å²) in [6, 6.07) is 0. The number of hydrogen-bond donors (Lipinski definition) is 0. The summed E-state index contributed by atoms with van der Waals surface area (Å²) < 4.78 is 0. The molecule has 4 rings (SSSR count). The van der Waals surface area contributed by atoms with E-state index in [1.807, 2.05) is 27.7 Å². The smallest absolute Gasteiger partial charge is 0.0544 e. The van der Waals surface area contributed by atoms with Gasteiger partial charge in [0.25, 0.3) is 0 Å². The summed E-state index contributed by atoms with van der Waals surface area (Å²) >= 11 is 0. The zero-order chi connectivity index (χ0) is 24.7. The molecule has 4 aliphatic rings. The van der Waals surface area contributed by atoms with E-state index in [2.05, 4.69) is 54.6 Å². The number of fused-ring (bicyclic) bond motifs is 2. The summed E-state index contributed by atoms with van der Waals surface area (Å²) in [5.41, 5.74) is 2.80. The van der Waals surface area contributed by atoms with E-state index >= 15 is 0 Å². The van der Waals surface area contributed by atoms with Crippen LogP contribution in [-0.4, -0.2) is 8.07 Å². The van der Waals surface area contributed by atoms with Crippen LogP contribution < -0.4 is 0 Å². The summed E-state index contributed by atoms with van der Waals surface area (Å²) in [5, 5.41) is 0. The second-order valence-corrected chi connectivity index (χ2v) is 18.7. The highest BCUT2D eigenvalue weighted by Crippen LogP contribution is 2.63. The van der Waals surface area contributed by atoms with E-state index in [1.165, 1.54) is 19.3 Å². The topological polar surface area (TPSA) is 0 Å². The van der Waals surface area contributed by atoms with Crippen LogP contribution in [0.25, 0.3) is 0 Å². The van der Waals surface area contributed by atoms with Crippen LogP contribution in [0.3, 0.4) is 0 Å². The largest absolute Gasteiger partial charge is 0.0689 e. The maximum Gasteiger partial charge on any atom is 0.0544 e. The fraction of sp³-hybridized carbons (Fsp3) is 1.00. The molecule has 32 heavy (non-hydrogen) atoms. The highest BCUT2D eigenvalue weighted by atomic mass is 28.3. The van der Waals surface area contributed by atoms with Crippen molar-refractivity contribution < 1.29 is 0 Å². The van der Waals surface area contributed by atoms with Crippen LogP contribution in [0.2, 0.25) is 24.2 Å². The molecule has 0 aliphatic heterocycles. The molecule has 4 aliphatic carbocycles. The summed E-state index contributed by atoms with van der Waals surface area (Å²) in [5.74, 6) is 6.58. The first-order chi connectivity index (χ1) is 15.0. The normalized spacial score (nSPS) is 38.6. The Morgan fingerprint density at radius 2 is 1.03 bits per heavy atom. The van der Waals surface area contributed by atoms with Gasteiger partial charge in [-0.3, -0.25) is 0 Å². The molecule has 0 aromatic carbocycles. The zero-order valence-corrected chi connectivity index (χ0v) is 25.7. The highest BCUT2D eigenvalue weighted by Gasteiger charge is 2.56. The molecule has 0 radical (unpaired) electrons. The lowest BCUT2D eigenvalue weighted by Crippen LogP contribution is -2.44. The van der Waals surface area contributed by atoms with Gasteiger partial charge < -0.3 is 0 Å². The van der Waals surface area contributed by atoms with E-state index in [-0.39, 0.29) is 0 Å². The van der Waals surface area contributed by atoms with E-state index in [0.29, 0.717) is 5.41 Å². The van der Waals surface area contributed by atoms with Crippen molar-refractivity contribution in [1.82, 2.24) is 0 Å². The molecule has 8 atom stereocenters. The molecule has 0 spiro atoms. The van der Waals surface area contributed by atoms with Gasteiger partial charge in [-0.05, 0) is 71.3 Å². The molecule has 192 valence electrons. The third-order valence-electron chi connectivity index (χ3n) is 9.37. The monoisotopic (exact) mass is 464 g/mol. The second kappa shape index (κ2) is 13.3. The zero-order valence-electron chi connectivity index (χ0n) is 24.7. The van der Waals surface area contributed by atoms with Crippen molar-refractivity contribution >= 4 is 8.07 Å². The molecule has 0 aromatic heterocycles. The van der Waals surface area contributed by atoms with Gasteiger partial charge in [0.05, 0.1) is 8.07 Å². The van der Waals surface area contributed by atoms with Crippen molar-refractivity contribution in [2.75, 3.05) is 0 Å². The molecular weight excluding hydrogens is 400 g/mol. The van der Waals surface area contributed by atoms with Crippen LogP contribution in [0.4, 0.5) is 0 Å². The maximum absolute atomic E-state index is 2.84. The molecule has 0 heterocycles. The predicted molar refractivity (Wildman–Crippen MR) is 151 cm³/mol. The molecular formula is C31H64Si. The number of hydrogen-bond acceptors (Lipinski definition) is 0. The van der Waals surface area contributed by atoms with Gasteiger partial charge in [-0.15, -0.1) is 0 Å². The van der Waals surface area contributed by atoms with Crippen molar-refractivity contribution in [3.8, 4) is 0 Å². The predicted octanol–water partition coefficient (Wildman–Crippen LogP) is 11.2. The Balaban J connectivity index is 0.000000497. The fourth-order valence-corrected chi connectivity index (χ4v) is 14.8. The molecule has 0 amide bonds. The van der Waals surface area contributed by atoms with Gasteiger partial charge in [0, 0.05) is 0 Å². The van der Waals surface area contributed by atoms with Gasteiger partial charge in [-0.1, -0.05) is 127 Å². The van der Waals surface area contributed by atoms with Gasteiger partial charge in [0.15, 0.2) is 0 Å². The van der Waals surface area contributed by atoms with Crippen molar-refractivity contribution in [3.63, 3.8) is 0 Å². The Morgan fingerprint density at radius 3 is 1.50 bits per heavy atom. The van der Waals surface area contributed by atoms with Crippen molar-refractivity contribution in [2.45, 2.75) is 158 Å². The average Bonchev–Trinajstić information content (AvgIpc) is 3.27. The Labute approximate surface area is 206 Å². The minimum Gasteiger partial charge on any atom is -0.0689 e. The van der Waals surface area contributed by atoms with Crippen LogP contribution in [0.1, 0.15) is 133 Å². The molecule has 0 nitrogen and oxygen atoms in total. The Kier molecular flexibility index (Phi) is 12.6. The molecule has 1 heteroatoms. The lowest BCUT2D eigenvalue weighted by molar-refractivity contribution is 0.237. The second-order valence-electron chi connectivity index (χ2n) is 13.7. The van der Waals surface area contributed by atoms with Crippen molar-refractivity contribution in [1.29, 1.82) is 0 Å². The minimum absolute atomic E-state index is 0.500. The summed E-state index contributed by atoms with van der Waals surface area (Å²) in [4.78, 5) is 0.